The van der Waals surface area contributed by atoms with Crippen LogP contribution in [-0.2, 0) is 10.0 Å². The largest absolute Gasteiger partial charge is 0.733 e. The molecule has 118 valence electrons. The van der Waals surface area contributed by atoms with E-state index in [1.807, 2.05) is 0 Å². The molecule has 0 radical (unpaired) electrons. The first-order valence-electron chi connectivity index (χ1n) is 5.95. The number of hydrogen-bond donors (Lipinski definition) is 1. The van der Waals surface area contributed by atoms with Gasteiger partial charge in [-0.05, 0) is 24.3 Å². The normalized spacial score (nSPS) is 11.3. The fraction of sp³-hybridized carbons (Fsp3) is 0.0769. The maximum atomic E-state index is 12.7. The number of nitrogens with zero attached hydrogens (tertiary/aromatic N) is 2. The van der Waals surface area contributed by atoms with E-state index in [-0.39, 0.29) is 20.6 Å². The molecule has 0 aromatic heterocycles. The Morgan fingerprint density at radius 2 is 1.59 bits per heavy atom. The first kappa shape index (κ1) is 16.9. The van der Waals surface area contributed by atoms with Gasteiger partial charge in [-0.2, -0.15) is 0 Å². The van der Waals surface area contributed by atoms with Crippen LogP contribution in [0.2, 0.25) is 10.0 Å². The molecule has 0 heterocycles. The molecule has 2 aromatic carbocycles. The Morgan fingerprint density at radius 3 is 2.14 bits per heavy atom. The minimum absolute atomic E-state index is 0.0797. The summed E-state index contributed by atoms with van der Waals surface area (Å²) >= 11 is 12.0. The van der Waals surface area contributed by atoms with Gasteiger partial charge in [-0.25, -0.2) is 8.42 Å². The molecule has 0 amide bonds. The minimum Gasteiger partial charge on any atom is -0.733 e. The van der Waals surface area contributed by atoms with E-state index in [4.69, 9.17) is 28.4 Å². The van der Waals surface area contributed by atoms with E-state index in [9.17, 15) is 13.6 Å². The van der Waals surface area contributed by atoms with Crippen molar-refractivity contribution in [2.75, 3.05) is 16.6 Å². The van der Waals surface area contributed by atoms with E-state index < -0.39 is 20.9 Å². The summed E-state index contributed by atoms with van der Waals surface area (Å²) in [5, 5.41) is 20.0. The summed E-state index contributed by atoms with van der Waals surface area (Å²) < 4.78 is 26.2. The van der Waals surface area contributed by atoms with Crippen molar-refractivity contribution in [3.05, 3.63) is 57.7 Å². The molecule has 0 atom stereocenters. The topological polar surface area (TPSA) is 83.9 Å². The smallest absolute Gasteiger partial charge is 0.266 e. The Kier molecular flexibility index (Phi) is 4.84. The van der Waals surface area contributed by atoms with Crippen molar-refractivity contribution in [1.29, 1.82) is 0 Å². The van der Waals surface area contributed by atoms with Crippen LogP contribution in [0.25, 0.3) is 0 Å². The molecular weight excluding hydrogens is 351 g/mol. The molecule has 0 saturated heterocycles. The monoisotopic (exact) mass is 361 g/mol. The average molecular weight is 362 g/mol. The van der Waals surface area contributed by atoms with Crippen molar-refractivity contribution in [2.24, 2.45) is 0 Å². The van der Waals surface area contributed by atoms with Crippen LogP contribution in [0.4, 0.5) is 11.4 Å². The van der Waals surface area contributed by atoms with Crippen molar-refractivity contribution in [3.8, 4) is 0 Å². The molecule has 9 heteroatoms. The average Bonchev–Trinajstić information content (AvgIpc) is 2.46. The van der Waals surface area contributed by atoms with E-state index in [2.05, 4.69) is 0 Å². The Morgan fingerprint density at radius 1 is 1.05 bits per heavy atom. The predicted molar refractivity (Wildman–Crippen MR) is 86.1 cm³/mol. The van der Waals surface area contributed by atoms with Gasteiger partial charge in [0.15, 0.2) is 0 Å². The van der Waals surface area contributed by atoms with Crippen molar-refractivity contribution in [2.45, 2.75) is 4.90 Å². The molecule has 2 rings (SSSR count). The third-order valence-corrected chi connectivity index (χ3v) is 5.38. The second-order valence-electron chi connectivity index (χ2n) is 4.28. The van der Waals surface area contributed by atoms with Crippen molar-refractivity contribution in [3.63, 3.8) is 0 Å². The third kappa shape index (κ3) is 2.99. The van der Waals surface area contributed by atoms with E-state index in [0.29, 0.717) is 0 Å². The zero-order valence-electron chi connectivity index (χ0n) is 11.3. The molecule has 2 aromatic rings. The van der Waals surface area contributed by atoms with Crippen molar-refractivity contribution in [1.82, 2.24) is 0 Å². The summed E-state index contributed by atoms with van der Waals surface area (Å²) in [5.41, 5.74) is -0.325. The second kappa shape index (κ2) is 6.31. The van der Waals surface area contributed by atoms with Crippen LogP contribution in [0.3, 0.4) is 0 Å². The fourth-order valence-corrected chi connectivity index (χ4v) is 4.04. The van der Waals surface area contributed by atoms with E-state index in [1.165, 1.54) is 43.4 Å². The first-order chi connectivity index (χ1) is 10.3. The van der Waals surface area contributed by atoms with Gasteiger partial charge in [0.2, 0.25) is 0 Å². The van der Waals surface area contributed by atoms with E-state index in [0.717, 1.165) is 4.31 Å². The number of para-hydroxylation sites is 2. The van der Waals surface area contributed by atoms with Crippen LogP contribution in [0.15, 0.2) is 47.4 Å². The van der Waals surface area contributed by atoms with Gasteiger partial charge in [0, 0.05) is 7.05 Å². The lowest BCUT2D eigenvalue weighted by Gasteiger charge is -2.27. The Labute approximate surface area is 137 Å². The highest BCUT2D eigenvalue weighted by Gasteiger charge is 2.27. The quantitative estimate of drug-likeness (QED) is 0.842. The van der Waals surface area contributed by atoms with Crippen LogP contribution >= 0.6 is 23.2 Å². The van der Waals surface area contributed by atoms with Gasteiger partial charge in [-0.15, -0.1) is 0 Å². The molecule has 0 spiro atoms. The molecule has 0 bridgehead atoms. The second-order valence-corrected chi connectivity index (χ2v) is 7.04. The summed E-state index contributed by atoms with van der Waals surface area (Å²) in [6, 6.07) is 9.81. The highest BCUT2D eigenvalue weighted by atomic mass is 35.5. The number of rotatable bonds is 4. The zero-order chi connectivity index (χ0) is 16.5. The van der Waals surface area contributed by atoms with Crippen LogP contribution in [-0.4, -0.2) is 20.7 Å². The number of hydrogen-bond acceptors (Lipinski definition) is 5. The number of benzene rings is 2. The minimum atomic E-state index is -4.15. The van der Waals surface area contributed by atoms with Gasteiger partial charge < -0.3 is 10.4 Å². The Hall–Kier alpha value is -1.51. The van der Waals surface area contributed by atoms with Crippen LogP contribution < -0.4 is 9.53 Å². The molecule has 0 aliphatic carbocycles. The van der Waals surface area contributed by atoms with E-state index in [1.54, 1.807) is 6.07 Å². The summed E-state index contributed by atoms with van der Waals surface area (Å²) in [6.45, 7) is 0. The van der Waals surface area contributed by atoms with Crippen LogP contribution in [0, 0.1) is 5.21 Å². The van der Waals surface area contributed by atoms with Crippen LogP contribution in [0.5, 0.6) is 0 Å². The third-order valence-electron chi connectivity index (χ3n) is 2.96. The van der Waals surface area contributed by atoms with Gasteiger partial charge in [-0.3, -0.25) is 9.51 Å². The summed E-state index contributed by atoms with van der Waals surface area (Å²) in [4.78, 5) is -0.369. The van der Waals surface area contributed by atoms with Gasteiger partial charge >= 0.3 is 0 Å². The van der Waals surface area contributed by atoms with Gasteiger partial charge in [0.1, 0.15) is 4.90 Å². The van der Waals surface area contributed by atoms with Gasteiger partial charge in [-0.1, -0.05) is 41.4 Å². The fourth-order valence-electron chi connectivity index (χ4n) is 1.89. The summed E-state index contributed by atoms with van der Waals surface area (Å²) in [6.07, 6.45) is 0. The van der Waals surface area contributed by atoms with Gasteiger partial charge in [0.25, 0.3) is 10.0 Å². The van der Waals surface area contributed by atoms with Gasteiger partial charge in [0.05, 0.1) is 21.4 Å². The number of halogens is 2. The molecule has 0 fully saturated rings. The molecule has 0 saturated carbocycles. The van der Waals surface area contributed by atoms with Crippen molar-refractivity contribution < 1.29 is 13.6 Å². The Bertz CT molecular complexity index is 776. The molecular formula is C13H11Cl2N2O4S-. The molecule has 0 unspecified atom stereocenters. The Balaban J connectivity index is 2.61. The standard InChI is InChI=1S/C13H11Cl2N2O4S/c1-16(13-9(14)5-4-6-10(13)15)22(20,21)12-8-3-2-7-11(12)17(18)19/h2-8,18H,1H3/q-1. The van der Waals surface area contributed by atoms with Crippen molar-refractivity contribution >= 4 is 44.6 Å². The molecule has 22 heavy (non-hydrogen) atoms. The maximum Gasteiger partial charge on any atom is 0.266 e. The zero-order valence-corrected chi connectivity index (χ0v) is 13.6. The molecule has 0 aliphatic heterocycles. The SMILES string of the molecule is CN(c1c(Cl)cccc1Cl)S(=O)(=O)c1ccccc1N([O-])O. The lowest BCUT2D eigenvalue weighted by atomic mass is 10.3. The summed E-state index contributed by atoms with van der Waals surface area (Å²) in [7, 11) is -2.89. The molecule has 6 nitrogen and oxygen atoms in total. The van der Waals surface area contributed by atoms with E-state index >= 15 is 0 Å². The first-order valence-corrected chi connectivity index (χ1v) is 8.14. The predicted octanol–water partition coefficient (Wildman–Crippen LogP) is 3.51. The lowest BCUT2D eigenvalue weighted by molar-refractivity contribution is 0.294. The molecule has 1 N–H and O–H groups in total. The number of anilines is 2. The maximum absolute atomic E-state index is 12.7. The lowest BCUT2D eigenvalue weighted by Crippen LogP contribution is -2.28. The number of sulfonamides is 1. The van der Waals surface area contributed by atoms with Crippen LogP contribution in [0.1, 0.15) is 0 Å². The summed E-state index contributed by atoms with van der Waals surface area (Å²) in [5.74, 6) is 0. The highest BCUT2D eigenvalue weighted by molar-refractivity contribution is 7.93. The highest BCUT2D eigenvalue weighted by Crippen LogP contribution is 2.37. The molecule has 0 aliphatic rings.